The van der Waals surface area contributed by atoms with Crippen LogP contribution in [0, 0.1) is 0 Å². The number of amides is 1. The first kappa shape index (κ1) is 78.6. The van der Waals surface area contributed by atoms with Crippen molar-refractivity contribution in [3.05, 3.63) is 146 Å². The summed E-state index contributed by atoms with van der Waals surface area (Å²) in [6.07, 6.45) is 76.1. The summed E-state index contributed by atoms with van der Waals surface area (Å²) in [4.78, 5) is 26.6. The Labute approximate surface area is 517 Å². The lowest BCUT2D eigenvalue weighted by molar-refractivity contribution is -0.305. The Morgan fingerprint density at radius 3 is 1.27 bits per heavy atom. The summed E-state index contributed by atoms with van der Waals surface area (Å²) in [5.74, 6) is -1.30. The molecule has 1 aliphatic rings. The van der Waals surface area contributed by atoms with Crippen LogP contribution in [0.2, 0.25) is 0 Å². The lowest BCUT2D eigenvalue weighted by Gasteiger charge is -2.41. The first-order chi connectivity index (χ1) is 41.7. The van der Waals surface area contributed by atoms with E-state index in [0.717, 1.165) is 122 Å². The highest BCUT2D eigenvalue weighted by Crippen LogP contribution is 2.26. The van der Waals surface area contributed by atoms with Crippen LogP contribution in [-0.4, -0.2) is 99.6 Å². The molecule has 0 aromatic rings. The van der Waals surface area contributed by atoms with E-state index in [0.29, 0.717) is 12.8 Å². The van der Waals surface area contributed by atoms with Gasteiger partial charge >= 0.3 is 5.97 Å². The SMILES string of the molecule is CC/C=C\C/C=C\C/C=C\C/C=C\C/C=C\C/C=C\CC(O)C(=O)NC(COC1OC(CO)C(O)C(O)C1OC(=O)CCCCCCCCCCC/C=C\C/C=C\C/C=C\C/C=C\C/C=C\CC)C(O)/C=C/CCCCCCCCCCCCC. The summed E-state index contributed by atoms with van der Waals surface area (Å²) in [7, 11) is 0. The molecular formula is C74H121NO10. The van der Waals surface area contributed by atoms with E-state index in [1.54, 1.807) is 12.2 Å². The number of carbonyl (C=O) groups is 2. The van der Waals surface area contributed by atoms with Gasteiger partial charge in [-0.2, -0.15) is 0 Å². The molecule has 1 amide bonds. The summed E-state index contributed by atoms with van der Waals surface area (Å²) in [6.45, 7) is 5.51. The first-order valence-corrected chi connectivity index (χ1v) is 33.6. The average Bonchev–Trinajstić information content (AvgIpc) is 3.21. The predicted molar refractivity (Wildman–Crippen MR) is 356 cm³/mol. The molecule has 0 aromatic carbocycles. The summed E-state index contributed by atoms with van der Waals surface area (Å²) >= 11 is 0. The van der Waals surface area contributed by atoms with Gasteiger partial charge < -0.3 is 45.1 Å². The van der Waals surface area contributed by atoms with E-state index in [1.165, 1.54) is 77.0 Å². The van der Waals surface area contributed by atoms with E-state index < -0.39 is 67.4 Å². The van der Waals surface area contributed by atoms with Gasteiger partial charge in [0.2, 0.25) is 5.91 Å². The van der Waals surface area contributed by atoms with E-state index in [9.17, 15) is 35.1 Å². The van der Waals surface area contributed by atoms with Gasteiger partial charge in [0.05, 0.1) is 25.4 Å². The number of ether oxygens (including phenoxy) is 3. The minimum absolute atomic E-state index is 0.0500. The largest absolute Gasteiger partial charge is 0.454 e. The summed E-state index contributed by atoms with van der Waals surface area (Å²) < 4.78 is 17.6. The van der Waals surface area contributed by atoms with Gasteiger partial charge in [-0.1, -0.05) is 276 Å². The molecule has 0 aromatic heterocycles. The van der Waals surface area contributed by atoms with Gasteiger partial charge in [-0.15, -0.1) is 0 Å². The molecule has 0 aliphatic carbocycles. The second-order valence-corrected chi connectivity index (χ2v) is 22.4. The Balaban J connectivity index is 2.67. The molecule has 8 atom stereocenters. The minimum Gasteiger partial charge on any atom is -0.454 e. The molecule has 1 aliphatic heterocycles. The van der Waals surface area contributed by atoms with Gasteiger partial charge in [0.25, 0.3) is 0 Å². The number of aliphatic hydroxyl groups is 5. The fourth-order valence-electron chi connectivity index (χ4n) is 9.52. The highest BCUT2D eigenvalue weighted by Gasteiger charge is 2.47. The predicted octanol–water partition coefficient (Wildman–Crippen LogP) is 16.9. The lowest BCUT2D eigenvalue weighted by atomic mass is 9.99. The van der Waals surface area contributed by atoms with Gasteiger partial charge in [0.1, 0.15) is 24.4 Å². The molecule has 8 unspecified atom stereocenters. The maximum atomic E-state index is 13.4. The van der Waals surface area contributed by atoms with Crippen LogP contribution in [0.4, 0.5) is 0 Å². The topological polar surface area (TPSA) is 175 Å². The fourth-order valence-corrected chi connectivity index (χ4v) is 9.52. The van der Waals surface area contributed by atoms with Crippen LogP contribution in [0.1, 0.15) is 245 Å². The number of hydrogen-bond donors (Lipinski definition) is 6. The third-order valence-corrected chi connectivity index (χ3v) is 14.7. The second kappa shape index (κ2) is 59.9. The van der Waals surface area contributed by atoms with Crippen LogP contribution in [0.3, 0.4) is 0 Å². The van der Waals surface area contributed by atoms with E-state index in [-0.39, 0.29) is 19.4 Å². The fraction of sp³-hybridized carbons (Fsp3) is 0.649. The molecule has 11 heteroatoms. The summed E-state index contributed by atoms with van der Waals surface area (Å²) in [6, 6.07) is -1.08. The maximum Gasteiger partial charge on any atom is 0.306 e. The molecule has 85 heavy (non-hydrogen) atoms. The number of hydrogen-bond acceptors (Lipinski definition) is 10. The van der Waals surface area contributed by atoms with Crippen LogP contribution in [0.25, 0.3) is 0 Å². The first-order valence-electron chi connectivity index (χ1n) is 33.6. The minimum atomic E-state index is -1.64. The van der Waals surface area contributed by atoms with Crippen molar-refractivity contribution in [3.8, 4) is 0 Å². The molecule has 1 saturated heterocycles. The van der Waals surface area contributed by atoms with Crippen molar-refractivity contribution in [2.75, 3.05) is 13.2 Å². The van der Waals surface area contributed by atoms with Gasteiger partial charge in [0.15, 0.2) is 12.4 Å². The van der Waals surface area contributed by atoms with Gasteiger partial charge in [-0.05, 0) is 103 Å². The highest BCUT2D eigenvalue weighted by atomic mass is 16.7. The summed E-state index contributed by atoms with van der Waals surface area (Å²) in [5.41, 5.74) is 0. The summed E-state index contributed by atoms with van der Waals surface area (Å²) in [5, 5.41) is 57.0. The van der Waals surface area contributed by atoms with Gasteiger partial charge in [0, 0.05) is 12.8 Å². The van der Waals surface area contributed by atoms with Crippen molar-refractivity contribution < 1.29 is 49.3 Å². The number of esters is 1. The van der Waals surface area contributed by atoms with Gasteiger partial charge in [-0.25, -0.2) is 0 Å². The Kier molecular flexibility index (Phi) is 55.3. The van der Waals surface area contributed by atoms with Crippen molar-refractivity contribution in [2.45, 2.75) is 294 Å². The average molecular weight is 1180 g/mol. The number of allylic oxidation sites excluding steroid dienone is 22. The monoisotopic (exact) mass is 1180 g/mol. The number of unbranched alkanes of at least 4 members (excludes halogenated alkanes) is 20. The van der Waals surface area contributed by atoms with Crippen LogP contribution in [-0.2, 0) is 23.8 Å². The molecule has 6 N–H and O–H groups in total. The highest BCUT2D eigenvalue weighted by molar-refractivity contribution is 5.81. The van der Waals surface area contributed by atoms with E-state index >= 15 is 0 Å². The zero-order valence-electron chi connectivity index (χ0n) is 53.4. The Morgan fingerprint density at radius 2 is 0.847 bits per heavy atom. The molecule has 0 spiro atoms. The number of rotatable bonds is 55. The van der Waals surface area contributed by atoms with Crippen LogP contribution in [0.15, 0.2) is 146 Å². The van der Waals surface area contributed by atoms with Crippen LogP contribution >= 0.6 is 0 Å². The van der Waals surface area contributed by atoms with E-state index in [1.807, 2.05) is 18.2 Å². The number of aliphatic hydroxyl groups excluding tert-OH is 5. The number of nitrogens with one attached hydrogen (secondary N) is 1. The smallest absolute Gasteiger partial charge is 0.306 e. The quantitative estimate of drug-likeness (QED) is 0.0195. The zero-order chi connectivity index (χ0) is 61.7. The van der Waals surface area contributed by atoms with Crippen LogP contribution < -0.4 is 5.32 Å². The molecule has 11 nitrogen and oxygen atoms in total. The third-order valence-electron chi connectivity index (χ3n) is 14.7. The Hall–Kier alpha value is -4.46. The molecule has 1 heterocycles. The second-order valence-electron chi connectivity index (χ2n) is 22.4. The van der Waals surface area contributed by atoms with E-state index in [4.69, 9.17) is 14.2 Å². The Bertz CT molecular complexity index is 1940. The molecule has 1 fully saturated rings. The van der Waals surface area contributed by atoms with Crippen molar-refractivity contribution in [1.82, 2.24) is 5.32 Å². The maximum absolute atomic E-state index is 13.4. The number of carbonyl (C=O) groups excluding carboxylic acids is 2. The molecular weight excluding hydrogens is 1060 g/mol. The Morgan fingerprint density at radius 1 is 0.471 bits per heavy atom. The van der Waals surface area contributed by atoms with Crippen molar-refractivity contribution >= 4 is 11.9 Å². The standard InChI is InChI=1S/C74H121NO10/c1-4-7-10-13-16-19-22-25-27-29-31-32-33-34-35-36-37-39-41-44-47-50-53-56-59-62-69(79)85-72-71(81)70(80)68(63-76)84-74(72)83-64-65(66(77)60-57-54-51-48-45-42-24-21-18-15-12-9-6-3)75-73(82)67(78)61-58-55-52-49-46-43-40-38-30-28-26-23-20-17-14-11-8-5-2/h7-8,10-11,16-17,19-20,25-28,31-32,34-35,38,40,46,49,55,57-58,60,65-68,70-72,74,76-78,80-81H,4-6,9,12-15,18,21-24,29-30,33,36-37,39,41-45,47-48,50-54,56,59,61-64H2,1-3H3,(H,75,82)/b10-7-,11-8-,19-16-,20-17-,27-25-,28-26-,32-31-,35-34-,40-38-,49-46-,58-55-,60-57+. The van der Waals surface area contributed by atoms with Gasteiger partial charge in [-0.3, -0.25) is 9.59 Å². The molecule has 0 radical (unpaired) electrons. The zero-order valence-corrected chi connectivity index (χ0v) is 53.4. The van der Waals surface area contributed by atoms with Crippen molar-refractivity contribution in [2.24, 2.45) is 0 Å². The lowest BCUT2D eigenvalue weighted by Crippen LogP contribution is -2.61. The normalized spacial score (nSPS) is 19.4. The molecule has 1 rings (SSSR count). The third kappa shape index (κ3) is 47.3. The molecule has 482 valence electrons. The van der Waals surface area contributed by atoms with Crippen molar-refractivity contribution in [3.63, 3.8) is 0 Å². The van der Waals surface area contributed by atoms with Crippen LogP contribution in [0.5, 0.6) is 0 Å². The molecule has 0 bridgehead atoms. The van der Waals surface area contributed by atoms with E-state index in [2.05, 4.69) is 142 Å². The van der Waals surface area contributed by atoms with Crippen molar-refractivity contribution in [1.29, 1.82) is 0 Å². The molecule has 0 saturated carbocycles.